The molecule has 0 saturated carbocycles. The summed E-state index contributed by atoms with van der Waals surface area (Å²) in [6.45, 7) is -0.0571. The van der Waals surface area contributed by atoms with Crippen molar-refractivity contribution in [1.29, 1.82) is 0 Å². The predicted octanol–water partition coefficient (Wildman–Crippen LogP) is 0.213. The first-order valence-corrected chi connectivity index (χ1v) is 5.92. The van der Waals surface area contributed by atoms with Crippen molar-refractivity contribution in [2.24, 2.45) is 5.73 Å². The molecule has 1 aromatic heterocycles. The molecular formula is C12H12FN5O3. The Labute approximate surface area is 118 Å². The second-order valence-corrected chi connectivity index (χ2v) is 4.13. The van der Waals surface area contributed by atoms with Crippen LogP contribution in [-0.4, -0.2) is 32.0 Å². The number of benzene rings is 1. The van der Waals surface area contributed by atoms with E-state index in [2.05, 4.69) is 15.6 Å². The number of carbonyl (C=O) groups excluding carboxylic acids is 1. The minimum absolute atomic E-state index is 0.179. The lowest BCUT2D eigenvalue weighted by molar-refractivity contribution is -0.116. The van der Waals surface area contributed by atoms with Crippen LogP contribution in [0.1, 0.15) is 16.1 Å². The highest BCUT2D eigenvalue weighted by atomic mass is 19.1. The van der Waals surface area contributed by atoms with E-state index in [0.717, 1.165) is 6.07 Å². The van der Waals surface area contributed by atoms with Crippen LogP contribution in [0, 0.1) is 5.82 Å². The summed E-state index contributed by atoms with van der Waals surface area (Å²) in [7, 11) is 0. The minimum Gasteiger partial charge on any atom is -0.478 e. The Balaban J connectivity index is 2.14. The maximum atomic E-state index is 13.6. The SMILES string of the molecule is NCc1cn(CC(=O)Nc2c(F)cccc2C(=O)O)nn1. The highest BCUT2D eigenvalue weighted by Crippen LogP contribution is 2.19. The molecule has 0 atom stereocenters. The second-order valence-electron chi connectivity index (χ2n) is 4.13. The lowest BCUT2D eigenvalue weighted by Crippen LogP contribution is -2.21. The van der Waals surface area contributed by atoms with Gasteiger partial charge in [-0.25, -0.2) is 13.9 Å². The number of para-hydroxylation sites is 1. The van der Waals surface area contributed by atoms with Gasteiger partial charge in [-0.1, -0.05) is 11.3 Å². The molecular weight excluding hydrogens is 281 g/mol. The van der Waals surface area contributed by atoms with Crippen LogP contribution in [0.4, 0.5) is 10.1 Å². The monoisotopic (exact) mass is 293 g/mol. The van der Waals surface area contributed by atoms with Gasteiger partial charge >= 0.3 is 5.97 Å². The van der Waals surface area contributed by atoms with Gasteiger partial charge in [0.05, 0.1) is 23.1 Å². The molecule has 0 aliphatic carbocycles. The van der Waals surface area contributed by atoms with Crippen molar-refractivity contribution in [3.05, 3.63) is 41.5 Å². The van der Waals surface area contributed by atoms with Crippen molar-refractivity contribution >= 4 is 17.6 Å². The first kappa shape index (κ1) is 14.6. The smallest absolute Gasteiger partial charge is 0.337 e. The van der Waals surface area contributed by atoms with Crippen molar-refractivity contribution in [1.82, 2.24) is 15.0 Å². The molecule has 21 heavy (non-hydrogen) atoms. The number of carboxylic acid groups (broad SMARTS) is 1. The van der Waals surface area contributed by atoms with E-state index in [4.69, 9.17) is 10.8 Å². The van der Waals surface area contributed by atoms with Gasteiger partial charge in [0.1, 0.15) is 12.4 Å². The number of amides is 1. The number of rotatable bonds is 5. The molecule has 1 heterocycles. The third kappa shape index (κ3) is 3.39. The van der Waals surface area contributed by atoms with E-state index in [1.54, 1.807) is 0 Å². The molecule has 0 unspecified atom stereocenters. The van der Waals surface area contributed by atoms with Crippen molar-refractivity contribution < 1.29 is 19.1 Å². The highest BCUT2D eigenvalue weighted by Gasteiger charge is 2.17. The number of hydrogen-bond acceptors (Lipinski definition) is 5. The number of aromatic nitrogens is 3. The Morgan fingerprint density at radius 2 is 2.19 bits per heavy atom. The van der Waals surface area contributed by atoms with Gasteiger partial charge in [-0.15, -0.1) is 5.10 Å². The van der Waals surface area contributed by atoms with Crippen LogP contribution in [-0.2, 0) is 17.9 Å². The van der Waals surface area contributed by atoms with Crippen LogP contribution >= 0.6 is 0 Å². The van der Waals surface area contributed by atoms with Gasteiger partial charge in [-0.3, -0.25) is 4.79 Å². The van der Waals surface area contributed by atoms with Gasteiger partial charge in [0.25, 0.3) is 0 Å². The first-order chi connectivity index (χ1) is 10.0. The van der Waals surface area contributed by atoms with E-state index >= 15 is 0 Å². The number of aromatic carboxylic acids is 1. The highest BCUT2D eigenvalue weighted by molar-refractivity contribution is 6.00. The summed E-state index contributed by atoms with van der Waals surface area (Å²) in [5.74, 6) is -2.79. The van der Waals surface area contributed by atoms with Crippen LogP contribution in [0.2, 0.25) is 0 Å². The number of nitrogens with one attached hydrogen (secondary N) is 1. The molecule has 0 radical (unpaired) electrons. The second kappa shape index (κ2) is 6.09. The fraction of sp³-hybridized carbons (Fsp3) is 0.167. The summed E-state index contributed by atoms with van der Waals surface area (Å²) >= 11 is 0. The minimum atomic E-state index is -1.34. The van der Waals surface area contributed by atoms with Gasteiger partial charge in [0.15, 0.2) is 0 Å². The molecule has 2 rings (SSSR count). The average Bonchev–Trinajstić information content (AvgIpc) is 2.88. The van der Waals surface area contributed by atoms with Crippen LogP contribution in [0.3, 0.4) is 0 Å². The van der Waals surface area contributed by atoms with E-state index < -0.39 is 17.7 Å². The van der Waals surface area contributed by atoms with Gasteiger partial charge in [-0.2, -0.15) is 0 Å². The van der Waals surface area contributed by atoms with Crippen molar-refractivity contribution in [3.8, 4) is 0 Å². The Bertz CT molecular complexity index is 685. The van der Waals surface area contributed by atoms with E-state index in [1.165, 1.54) is 23.0 Å². The fourth-order valence-electron chi connectivity index (χ4n) is 1.66. The molecule has 0 fully saturated rings. The molecule has 8 nitrogen and oxygen atoms in total. The normalized spacial score (nSPS) is 10.4. The number of carbonyl (C=O) groups is 2. The van der Waals surface area contributed by atoms with E-state index in [-0.39, 0.29) is 24.3 Å². The Morgan fingerprint density at radius 3 is 2.81 bits per heavy atom. The van der Waals surface area contributed by atoms with E-state index in [9.17, 15) is 14.0 Å². The lowest BCUT2D eigenvalue weighted by atomic mass is 10.1. The fourth-order valence-corrected chi connectivity index (χ4v) is 1.66. The molecule has 1 amide bonds. The third-order valence-electron chi connectivity index (χ3n) is 2.61. The average molecular weight is 293 g/mol. The van der Waals surface area contributed by atoms with Crippen molar-refractivity contribution in [3.63, 3.8) is 0 Å². The number of halogens is 1. The van der Waals surface area contributed by atoms with Crippen molar-refractivity contribution in [2.45, 2.75) is 13.1 Å². The van der Waals surface area contributed by atoms with Crippen LogP contribution in [0.15, 0.2) is 24.4 Å². The van der Waals surface area contributed by atoms with Crippen LogP contribution in [0.5, 0.6) is 0 Å². The molecule has 1 aromatic carbocycles. The molecule has 0 saturated heterocycles. The zero-order chi connectivity index (χ0) is 15.4. The molecule has 2 aromatic rings. The van der Waals surface area contributed by atoms with E-state index in [1.807, 2.05) is 0 Å². The summed E-state index contributed by atoms with van der Waals surface area (Å²) in [6, 6.07) is 3.51. The maximum absolute atomic E-state index is 13.6. The largest absolute Gasteiger partial charge is 0.478 e. The zero-order valence-electron chi connectivity index (χ0n) is 10.8. The molecule has 0 spiro atoms. The predicted molar refractivity (Wildman–Crippen MR) is 69.9 cm³/mol. The van der Waals surface area contributed by atoms with Crippen LogP contribution < -0.4 is 11.1 Å². The number of anilines is 1. The zero-order valence-corrected chi connectivity index (χ0v) is 10.8. The molecule has 0 aliphatic rings. The van der Waals surface area contributed by atoms with Gasteiger partial charge in [0.2, 0.25) is 5.91 Å². The number of nitrogens with two attached hydrogens (primary N) is 1. The van der Waals surface area contributed by atoms with Crippen LogP contribution in [0.25, 0.3) is 0 Å². The third-order valence-corrected chi connectivity index (χ3v) is 2.61. The summed E-state index contributed by atoms with van der Waals surface area (Å²) in [5, 5.41) is 18.6. The number of carboxylic acids is 1. The molecule has 9 heteroatoms. The summed E-state index contributed by atoms with van der Waals surface area (Å²) in [5.41, 5.74) is 5.15. The molecule has 0 aliphatic heterocycles. The lowest BCUT2D eigenvalue weighted by Gasteiger charge is -2.09. The number of hydrogen-bond donors (Lipinski definition) is 3. The Morgan fingerprint density at radius 1 is 1.43 bits per heavy atom. The van der Waals surface area contributed by atoms with Gasteiger partial charge < -0.3 is 16.2 Å². The first-order valence-electron chi connectivity index (χ1n) is 5.92. The van der Waals surface area contributed by atoms with Crippen molar-refractivity contribution in [2.75, 3.05) is 5.32 Å². The summed E-state index contributed by atoms with van der Waals surface area (Å²) in [6.07, 6.45) is 1.47. The maximum Gasteiger partial charge on any atom is 0.337 e. The summed E-state index contributed by atoms with van der Waals surface area (Å²) < 4.78 is 14.9. The van der Waals surface area contributed by atoms with Gasteiger partial charge in [0, 0.05) is 6.54 Å². The molecule has 110 valence electrons. The quantitative estimate of drug-likeness (QED) is 0.724. The summed E-state index contributed by atoms with van der Waals surface area (Å²) in [4.78, 5) is 22.8. The standard InChI is InChI=1S/C12H12FN5O3/c13-9-3-1-2-8(12(20)21)11(9)15-10(19)6-18-5-7(4-14)16-17-18/h1-3,5H,4,6,14H2,(H,15,19)(H,20,21). The Hall–Kier alpha value is -2.81. The van der Waals surface area contributed by atoms with Gasteiger partial charge in [-0.05, 0) is 12.1 Å². The number of nitrogens with zero attached hydrogens (tertiary/aromatic N) is 3. The Kier molecular flexibility index (Phi) is 4.24. The topological polar surface area (TPSA) is 123 Å². The molecule has 4 N–H and O–H groups in total. The van der Waals surface area contributed by atoms with E-state index in [0.29, 0.717) is 5.69 Å². The molecule has 0 bridgehead atoms.